The van der Waals surface area contributed by atoms with E-state index >= 15 is 0 Å². The Morgan fingerprint density at radius 3 is 2.60 bits per heavy atom. The molecule has 0 amide bonds. The van der Waals surface area contributed by atoms with Crippen LogP contribution in [0, 0.1) is 0 Å². The molecule has 1 aliphatic heterocycles. The molecule has 0 fully saturated rings. The summed E-state index contributed by atoms with van der Waals surface area (Å²) in [7, 11) is 1.81. The van der Waals surface area contributed by atoms with Gasteiger partial charge in [0, 0.05) is 25.6 Å². The van der Waals surface area contributed by atoms with E-state index in [2.05, 4.69) is 65.9 Å². The van der Waals surface area contributed by atoms with Crippen molar-refractivity contribution in [1.82, 2.24) is 10.6 Å². The fraction of sp³-hybridized carbons (Fsp3) is 0.381. The third kappa shape index (κ3) is 4.53. The zero-order chi connectivity index (χ0) is 17.7. The molecule has 4 nitrogen and oxygen atoms in total. The molecule has 1 atom stereocenters. The van der Waals surface area contributed by atoms with Crippen molar-refractivity contribution in [1.29, 1.82) is 0 Å². The number of benzene rings is 2. The van der Waals surface area contributed by atoms with E-state index in [4.69, 9.17) is 4.74 Å². The summed E-state index contributed by atoms with van der Waals surface area (Å²) in [5.74, 6) is 1.78. The van der Waals surface area contributed by atoms with Crippen LogP contribution in [-0.2, 0) is 6.42 Å². The van der Waals surface area contributed by atoms with Crippen molar-refractivity contribution in [2.45, 2.75) is 38.3 Å². The van der Waals surface area contributed by atoms with Gasteiger partial charge in [0.1, 0.15) is 11.4 Å². The highest BCUT2D eigenvalue weighted by atomic mass is 16.5. The van der Waals surface area contributed by atoms with Gasteiger partial charge < -0.3 is 15.4 Å². The maximum Gasteiger partial charge on any atom is 0.191 e. The summed E-state index contributed by atoms with van der Waals surface area (Å²) in [4.78, 5) is 4.39. The van der Waals surface area contributed by atoms with Gasteiger partial charge in [0.2, 0.25) is 0 Å². The molecule has 2 N–H and O–H groups in total. The molecule has 0 aliphatic carbocycles. The SMILES string of the molecule is CN=C(NCCc1ccccc1)NC1CC(C)(C)Oc2ccccc21. The number of nitrogens with one attached hydrogen (secondary N) is 2. The van der Waals surface area contributed by atoms with Crippen LogP contribution >= 0.6 is 0 Å². The van der Waals surface area contributed by atoms with Crippen LogP contribution in [0.15, 0.2) is 59.6 Å². The van der Waals surface area contributed by atoms with Gasteiger partial charge in [-0.3, -0.25) is 4.99 Å². The van der Waals surface area contributed by atoms with E-state index in [-0.39, 0.29) is 11.6 Å². The maximum absolute atomic E-state index is 6.10. The molecular formula is C21H27N3O. The van der Waals surface area contributed by atoms with Crippen LogP contribution in [0.25, 0.3) is 0 Å². The number of rotatable bonds is 4. The summed E-state index contributed by atoms with van der Waals surface area (Å²) in [5.41, 5.74) is 2.31. The zero-order valence-electron chi connectivity index (χ0n) is 15.3. The summed E-state index contributed by atoms with van der Waals surface area (Å²) >= 11 is 0. The highest BCUT2D eigenvalue weighted by Gasteiger charge is 2.33. The lowest BCUT2D eigenvalue weighted by atomic mass is 9.90. The lowest BCUT2D eigenvalue weighted by molar-refractivity contribution is 0.0694. The fourth-order valence-corrected chi connectivity index (χ4v) is 3.26. The van der Waals surface area contributed by atoms with Crippen LogP contribution < -0.4 is 15.4 Å². The van der Waals surface area contributed by atoms with E-state index in [0.717, 1.165) is 31.1 Å². The number of para-hydroxylation sites is 1. The van der Waals surface area contributed by atoms with Gasteiger partial charge in [0.15, 0.2) is 5.96 Å². The molecule has 1 heterocycles. The summed E-state index contributed by atoms with van der Waals surface area (Å²) < 4.78 is 6.10. The lowest BCUT2D eigenvalue weighted by Gasteiger charge is -2.38. The Balaban J connectivity index is 1.63. The molecule has 4 heteroatoms. The molecule has 2 aromatic carbocycles. The number of nitrogens with zero attached hydrogens (tertiary/aromatic N) is 1. The highest BCUT2D eigenvalue weighted by Crippen LogP contribution is 2.39. The number of hydrogen-bond donors (Lipinski definition) is 2. The monoisotopic (exact) mass is 337 g/mol. The normalized spacial score (nSPS) is 18.8. The first-order chi connectivity index (χ1) is 12.1. The van der Waals surface area contributed by atoms with Crippen molar-refractivity contribution in [3.8, 4) is 5.75 Å². The molecule has 0 aromatic heterocycles. The van der Waals surface area contributed by atoms with Crippen molar-refractivity contribution in [3.05, 3.63) is 65.7 Å². The molecule has 2 aromatic rings. The number of aliphatic imine (C=N–C) groups is 1. The number of guanidine groups is 1. The Hall–Kier alpha value is -2.49. The molecule has 3 rings (SSSR count). The van der Waals surface area contributed by atoms with Crippen LogP contribution in [0.3, 0.4) is 0 Å². The fourth-order valence-electron chi connectivity index (χ4n) is 3.26. The predicted molar refractivity (Wildman–Crippen MR) is 103 cm³/mol. The number of ether oxygens (including phenoxy) is 1. The molecule has 0 saturated heterocycles. The van der Waals surface area contributed by atoms with Gasteiger partial charge in [-0.15, -0.1) is 0 Å². The van der Waals surface area contributed by atoms with E-state index in [0.29, 0.717) is 0 Å². The van der Waals surface area contributed by atoms with E-state index in [9.17, 15) is 0 Å². The Labute approximate surface area is 150 Å². The van der Waals surface area contributed by atoms with Crippen LogP contribution in [0.1, 0.15) is 37.4 Å². The molecule has 1 unspecified atom stereocenters. The highest BCUT2D eigenvalue weighted by molar-refractivity contribution is 5.80. The Morgan fingerprint density at radius 1 is 1.12 bits per heavy atom. The minimum atomic E-state index is -0.199. The average Bonchev–Trinajstić information content (AvgIpc) is 2.60. The first-order valence-corrected chi connectivity index (χ1v) is 8.86. The topological polar surface area (TPSA) is 45.7 Å². The first-order valence-electron chi connectivity index (χ1n) is 8.86. The second kappa shape index (κ2) is 7.60. The standard InChI is InChI=1S/C21H27N3O/c1-21(2)15-18(17-11-7-8-12-19(17)25-21)24-20(22-3)23-14-13-16-9-5-4-6-10-16/h4-12,18H,13-15H2,1-3H3,(H2,22,23,24). The van der Waals surface area contributed by atoms with Crippen molar-refractivity contribution in [2.75, 3.05) is 13.6 Å². The van der Waals surface area contributed by atoms with Crippen LogP contribution in [0.5, 0.6) is 5.75 Å². The lowest BCUT2D eigenvalue weighted by Crippen LogP contribution is -2.45. The number of fused-ring (bicyclic) bond motifs is 1. The van der Waals surface area contributed by atoms with Gasteiger partial charge in [-0.2, -0.15) is 0 Å². The smallest absolute Gasteiger partial charge is 0.191 e. The van der Waals surface area contributed by atoms with E-state index in [1.807, 2.05) is 25.2 Å². The quantitative estimate of drug-likeness (QED) is 0.660. The minimum Gasteiger partial charge on any atom is -0.487 e. The minimum absolute atomic E-state index is 0.183. The van der Waals surface area contributed by atoms with Gasteiger partial charge in [-0.1, -0.05) is 48.5 Å². The second-order valence-electron chi connectivity index (χ2n) is 7.04. The molecule has 132 valence electrons. The summed E-state index contributed by atoms with van der Waals surface area (Å²) in [6, 6.07) is 18.9. The second-order valence-corrected chi connectivity index (χ2v) is 7.04. The summed E-state index contributed by atoms with van der Waals surface area (Å²) in [6.45, 7) is 5.10. The van der Waals surface area contributed by atoms with E-state index in [1.54, 1.807) is 0 Å². The van der Waals surface area contributed by atoms with E-state index in [1.165, 1.54) is 11.1 Å². The Bertz CT molecular complexity index is 725. The van der Waals surface area contributed by atoms with Gasteiger partial charge >= 0.3 is 0 Å². The van der Waals surface area contributed by atoms with Gasteiger partial charge in [0.25, 0.3) is 0 Å². The molecule has 0 spiro atoms. The van der Waals surface area contributed by atoms with Crippen LogP contribution in [-0.4, -0.2) is 25.2 Å². The first kappa shape index (κ1) is 17.3. The average molecular weight is 337 g/mol. The molecule has 0 saturated carbocycles. The van der Waals surface area contributed by atoms with Crippen molar-refractivity contribution >= 4 is 5.96 Å². The zero-order valence-corrected chi connectivity index (χ0v) is 15.3. The third-order valence-electron chi connectivity index (χ3n) is 4.46. The molecule has 0 bridgehead atoms. The van der Waals surface area contributed by atoms with Crippen molar-refractivity contribution in [2.24, 2.45) is 4.99 Å². The third-order valence-corrected chi connectivity index (χ3v) is 4.46. The Kier molecular flexibility index (Phi) is 5.27. The van der Waals surface area contributed by atoms with Crippen LogP contribution in [0.4, 0.5) is 0 Å². The van der Waals surface area contributed by atoms with E-state index < -0.39 is 0 Å². The maximum atomic E-state index is 6.10. The molecule has 0 radical (unpaired) electrons. The predicted octanol–water partition coefficient (Wildman–Crippen LogP) is 3.70. The molecular weight excluding hydrogens is 310 g/mol. The largest absolute Gasteiger partial charge is 0.487 e. The van der Waals surface area contributed by atoms with Crippen molar-refractivity contribution < 1.29 is 4.74 Å². The van der Waals surface area contributed by atoms with Gasteiger partial charge in [0.05, 0.1) is 6.04 Å². The molecule has 25 heavy (non-hydrogen) atoms. The van der Waals surface area contributed by atoms with Gasteiger partial charge in [-0.25, -0.2) is 0 Å². The van der Waals surface area contributed by atoms with Gasteiger partial charge in [-0.05, 0) is 31.9 Å². The Morgan fingerprint density at radius 2 is 1.84 bits per heavy atom. The number of hydrogen-bond acceptors (Lipinski definition) is 2. The van der Waals surface area contributed by atoms with Crippen molar-refractivity contribution in [3.63, 3.8) is 0 Å². The molecule has 1 aliphatic rings. The summed E-state index contributed by atoms with van der Waals surface area (Å²) in [6.07, 6.45) is 1.86. The summed E-state index contributed by atoms with van der Waals surface area (Å²) in [5, 5.41) is 6.98. The van der Waals surface area contributed by atoms with Crippen LogP contribution in [0.2, 0.25) is 0 Å².